The first kappa shape index (κ1) is 14.6. The monoisotopic (exact) mass is 284 g/mol. The van der Waals surface area contributed by atoms with Crippen LogP contribution < -0.4 is 5.32 Å². The zero-order valence-corrected chi connectivity index (χ0v) is 13.3. The van der Waals surface area contributed by atoms with E-state index < -0.39 is 0 Å². The van der Waals surface area contributed by atoms with Gasteiger partial charge in [0, 0.05) is 16.3 Å². The van der Waals surface area contributed by atoms with Crippen molar-refractivity contribution in [2.45, 2.75) is 39.7 Å². The molecule has 3 heteroatoms. The van der Waals surface area contributed by atoms with Crippen LogP contribution in [0.15, 0.2) is 30.3 Å². The second-order valence-electron chi connectivity index (χ2n) is 5.98. The van der Waals surface area contributed by atoms with Gasteiger partial charge in [0.1, 0.15) is 6.07 Å². The summed E-state index contributed by atoms with van der Waals surface area (Å²) in [5.74, 6) is 0. The number of nitrogens with zero attached hydrogens (tertiary/aromatic N) is 1. The molecular weight excluding hydrogens is 264 g/mol. The highest BCUT2D eigenvalue weighted by Gasteiger charge is 2.16. The van der Waals surface area contributed by atoms with Crippen molar-refractivity contribution in [3.8, 4) is 6.07 Å². The van der Waals surface area contributed by atoms with Gasteiger partial charge in [-0.25, -0.2) is 0 Å². The maximum absolute atomic E-state index is 9.22. The Morgan fingerprint density at radius 2 is 1.95 bits per heavy atom. The Morgan fingerprint density at radius 1 is 1.20 bits per heavy atom. The molecule has 20 heavy (non-hydrogen) atoms. The van der Waals surface area contributed by atoms with Crippen molar-refractivity contribution in [1.29, 1.82) is 5.26 Å². The number of aryl methyl sites for hydroxylation is 1. The van der Waals surface area contributed by atoms with Crippen LogP contribution >= 0.6 is 11.3 Å². The highest BCUT2D eigenvalue weighted by molar-refractivity contribution is 7.12. The van der Waals surface area contributed by atoms with E-state index >= 15 is 0 Å². The molecule has 0 saturated heterocycles. The fourth-order valence-corrected chi connectivity index (χ4v) is 3.03. The Morgan fingerprint density at radius 3 is 2.55 bits per heavy atom. The third-order valence-electron chi connectivity index (χ3n) is 3.24. The molecule has 0 fully saturated rings. The van der Waals surface area contributed by atoms with Gasteiger partial charge in [0.25, 0.3) is 0 Å². The molecule has 104 valence electrons. The van der Waals surface area contributed by atoms with Crippen LogP contribution in [0.5, 0.6) is 0 Å². The van der Waals surface area contributed by atoms with Gasteiger partial charge in [0.05, 0.1) is 11.3 Å². The topological polar surface area (TPSA) is 35.8 Å². The second kappa shape index (κ2) is 5.68. The lowest BCUT2D eigenvalue weighted by Crippen LogP contribution is -2.07. The van der Waals surface area contributed by atoms with Crippen LogP contribution in [0.1, 0.15) is 41.7 Å². The van der Waals surface area contributed by atoms with E-state index in [0.29, 0.717) is 0 Å². The summed E-state index contributed by atoms with van der Waals surface area (Å²) in [7, 11) is 0. The van der Waals surface area contributed by atoms with Crippen LogP contribution in [0, 0.1) is 18.3 Å². The van der Waals surface area contributed by atoms with Gasteiger partial charge >= 0.3 is 0 Å². The van der Waals surface area contributed by atoms with Gasteiger partial charge in [-0.1, -0.05) is 32.9 Å². The molecule has 0 bridgehead atoms. The first-order chi connectivity index (χ1) is 9.41. The van der Waals surface area contributed by atoms with Crippen molar-refractivity contribution in [1.82, 2.24) is 0 Å². The average Bonchev–Trinajstić information content (AvgIpc) is 2.85. The molecule has 2 nitrogen and oxygen atoms in total. The quantitative estimate of drug-likeness (QED) is 0.875. The van der Waals surface area contributed by atoms with Gasteiger partial charge in [-0.15, -0.1) is 11.3 Å². The molecular formula is C17H20N2S. The minimum Gasteiger partial charge on any atom is -0.379 e. The number of anilines is 1. The zero-order chi connectivity index (χ0) is 14.8. The Bertz CT molecular complexity index is 642. The van der Waals surface area contributed by atoms with Gasteiger partial charge in [-0.05, 0) is 36.1 Å². The van der Waals surface area contributed by atoms with Gasteiger partial charge in [-0.2, -0.15) is 5.26 Å². The van der Waals surface area contributed by atoms with Crippen LogP contribution in [-0.2, 0) is 12.0 Å². The molecule has 0 aliphatic carbocycles. The van der Waals surface area contributed by atoms with E-state index in [0.717, 1.165) is 23.4 Å². The maximum atomic E-state index is 9.22. The van der Waals surface area contributed by atoms with Crippen LogP contribution in [0.2, 0.25) is 0 Å². The van der Waals surface area contributed by atoms with Crippen molar-refractivity contribution < 1.29 is 0 Å². The second-order valence-corrected chi connectivity index (χ2v) is 7.15. The predicted octanol–water partition coefficient (Wildman–Crippen LogP) is 4.84. The fourth-order valence-electron chi connectivity index (χ4n) is 2.02. The summed E-state index contributed by atoms with van der Waals surface area (Å²) < 4.78 is 0. The summed E-state index contributed by atoms with van der Waals surface area (Å²) in [6.45, 7) is 9.41. The van der Waals surface area contributed by atoms with Crippen molar-refractivity contribution in [3.63, 3.8) is 0 Å². The molecule has 0 amide bonds. The molecule has 0 radical (unpaired) electrons. The van der Waals surface area contributed by atoms with E-state index in [1.807, 2.05) is 36.5 Å². The van der Waals surface area contributed by atoms with E-state index in [4.69, 9.17) is 0 Å². The molecule has 0 spiro atoms. The summed E-state index contributed by atoms with van der Waals surface area (Å²) in [4.78, 5) is 2.68. The summed E-state index contributed by atoms with van der Waals surface area (Å²) in [6, 6.07) is 12.5. The molecule has 0 unspecified atom stereocenters. The van der Waals surface area contributed by atoms with E-state index in [9.17, 15) is 5.26 Å². The molecule has 1 heterocycles. The van der Waals surface area contributed by atoms with E-state index in [-0.39, 0.29) is 5.41 Å². The fraction of sp³-hybridized carbons (Fsp3) is 0.353. The maximum Gasteiger partial charge on any atom is 0.102 e. The van der Waals surface area contributed by atoms with Gasteiger partial charge in [0.2, 0.25) is 0 Å². The molecule has 2 rings (SSSR count). The lowest BCUT2D eigenvalue weighted by atomic mass is 9.95. The standard InChI is InChI=1S/C17H20N2S/c1-12-6-5-7-15(14(12)10-18)19-11-13-8-9-16(20-13)17(2,3)4/h5-9,19H,11H2,1-4H3. The number of hydrogen-bond acceptors (Lipinski definition) is 3. The molecule has 1 N–H and O–H groups in total. The van der Waals surface area contributed by atoms with Crippen LogP contribution in [0.4, 0.5) is 5.69 Å². The van der Waals surface area contributed by atoms with E-state index in [2.05, 4.69) is 44.3 Å². The normalized spacial score (nSPS) is 11.2. The molecule has 2 aromatic rings. The lowest BCUT2D eigenvalue weighted by molar-refractivity contribution is 0.604. The van der Waals surface area contributed by atoms with Crippen molar-refractivity contribution in [3.05, 3.63) is 51.2 Å². The van der Waals surface area contributed by atoms with E-state index in [1.165, 1.54) is 9.75 Å². The number of nitriles is 1. The van der Waals surface area contributed by atoms with Crippen LogP contribution in [0.3, 0.4) is 0 Å². The summed E-state index contributed by atoms with van der Waals surface area (Å²) in [6.07, 6.45) is 0. The number of benzene rings is 1. The number of thiophene rings is 1. The highest BCUT2D eigenvalue weighted by Crippen LogP contribution is 2.30. The van der Waals surface area contributed by atoms with Gasteiger partial charge in [-0.3, -0.25) is 0 Å². The number of rotatable bonds is 3. The summed E-state index contributed by atoms with van der Waals surface area (Å²) in [5, 5.41) is 12.6. The van der Waals surface area contributed by atoms with Crippen LogP contribution in [0.25, 0.3) is 0 Å². The Balaban J connectivity index is 2.12. The minimum atomic E-state index is 0.198. The van der Waals surface area contributed by atoms with Crippen LogP contribution in [-0.4, -0.2) is 0 Å². The van der Waals surface area contributed by atoms with Crippen molar-refractivity contribution in [2.75, 3.05) is 5.32 Å². The SMILES string of the molecule is Cc1cccc(NCc2ccc(C(C)(C)C)s2)c1C#N. The smallest absolute Gasteiger partial charge is 0.102 e. The van der Waals surface area contributed by atoms with Crippen molar-refractivity contribution >= 4 is 17.0 Å². The third kappa shape index (κ3) is 3.20. The lowest BCUT2D eigenvalue weighted by Gasteiger charge is -2.15. The molecule has 0 saturated carbocycles. The molecule has 1 aromatic carbocycles. The van der Waals surface area contributed by atoms with E-state index in [1.54, 1.807) is 0 Å². The molecule has 0 aliphatic heterocycles. The predicted molar refractivity (Wildman–Crippen MR) is 86.2 cm³/mol. The zero-order valence-electron chi connectivity index (χ0n) is 12.4. The molecule has 1 aromatic heterocycles. The average molecular weight is 284 g/mol. The van der Waals surface area contributed by atoms with Gasteiger partial charge < -0.3 is 5.32 Å². The first-order valence-electron chi connectivity index (χ1n) is 6.74. The Labute approximate surface area is 125 Å². The molecule has 0 aliphatic rings. The summed E-state index contributed by atoms with van der Waals surface area (Å²) >= 11 is 1.83. The van der Waals surface area contributed by atoms with Gasteiger partial charge in [0.15, 0.2) is 0 Å². The first-order valence-corrected chi connectivity index (χ1v) is 7.56. The Kier molecular flexibility index (Phi) is 4.15. The molecule has 0 atom stereocenters. The minimum absolute atomic E-state index is 0.198. The number of hydrogen-bond donors (Lipinski definition) is 1. The highest BCUT2D eigenvalue weighted by atomic mass is 32.1. The summed E-state index contributed by atoms with van der Waals surface area (Å²) in [5.41, 5.74) is 2.86. The third-order valence-corrected chi connectivity index (χ3v) is 4.75. The number of nitrogens with one attached hydrogen (secondary N) is 1. The van der Waals surface area contributed by atoms with Crippen molar-refractivity contribution in [2.24, 2.45) is 0 Å². The largest absolute Gasteiger partial charge is 0.379 e. The Hall–Kier alpha value is -1.79.